The normalized spacial score (nSPS) is 13.1. The molecule has 0 radical (unpaired) electrons. The summed E-state index contributed by atoms with van der Waals surface area (Å²) in [6.07, 6.45) is -4.26. The molecule has 1 unspecified atom stereocenters. The summed E-state index contributed by atoms with van der Waals surface area (Å²) in [5.74, 6) is -0.132. The molecule has 0 N–H and O–H groups in total. The minimum atomic E-state index is -4.43. The SMILES string of the molecule is CN(C)CCC(Oc1ccccc1C(F)(F)F)c1ccccc1. The number of ether oxygens (including phenoxy) is 1. The maximum absolute atomic E-state index is 13.1. The van der Waals surface area contributed by atoms with Gasteiger partial charge in [-0.05, 0) is 31.8 Å². The van der Waals surface area contributed by atoms with E-state index in [1.54, 1.807) is 6.07 Å². The summed E-state index contributed by atoms with van der Waals surface area (Å²) in [5.41, 5.74) is 0.122. The highest BCUT2D eigenvalue weighted by Crippen LogP contribution is 2.38. The third-order valence-electron chi connectivity index (χ3n) is 3.47. The molecule has 2 nitrogen and oxygen atoms in total. The van der Waals surface area contributed by atoms with Gasteiger partial charge in [0.15, 0.2) is 0 Å². The lowest BCUT2D eigenvalue weighted by atomic mass is 10.1. The molecular weight excluding hydrogens is 303 g/mol. The van der Waals surface area contributed by atoms with Gasteiger partial charge in [-0.2, -0.15) is 13.2 Å². The van der Waals surface area contributed by atoms with Gasteiger partial charge in [-0.3, -0.25) is 0 Å². The van der Waals surface area contributed by atoms with Crippen LogP contribution in [0.5, 0.6) is 5.75 Å². The van der Waals surface area contributed by atoms with Crippen molar-refractivity contribution in [3.05, 3.63) is 65.7 Å². The van der Waals surface area contributed by atoms with Crippen LogP contribution in [0, 0.1) is 0 Å². The summed E-state index contributed by atoms with van der Waals surface area (Å²) >= 11 is 0. The molecular formula is C18H20F3NO. The zero-order valence-corrected chi connectivity index (χ0v) is 13.2. The van der Waals surface area contributed by atoms with Crippen LogP contribution in [0.2, 0.25) is 0 Å². The summed E-state index contributed by atoms with van der Waals surface area (Å²) in [6.45, 7) is 0.716. The Morgan fingerprint density at radius 2 is 1.57 bits per heavy atom. The summed E-state index contributed by atoms with van der Waals surface area (Å²) in [6, 6.07) is 14.7. The molecule has 0 aromatic heterocycles. The minimum Gasteiger partial charge on any atom is -0.485 e. The molecule has 0 amide bonds. The molecule has 5 heteroatoms. The van der Waals surface area contributed by atoms with E-state index in [4.69, 9.17) is 4.74 Å². The second-order valence-corrected chi connectivity index (χ2v) is 5.60. The van der Waals surface area contributed by atoms with Gasteiger partial charge in [-0.25, -0.2) is 0 Å². The Balaban J connectivity index is 2.28. The largest absolute Gasteiger partial charge is 0.485 e. The molecule has 0 bridgehead atoms. The molecule has 2 rings (SSSR count). The lowest BCUT2D eigenvalue weighted by molar-refractivity contribution is -0.139. The van der Waals surface area contributed by atoms with E-state index < -0.39 is 17.8 Å². The Hall–Kier alpha value is -2.01. The first kappa shape index (κ1) is 17.3. The summed E-state index contributed by atoms with van der Waals surface area (Å²) in [7, 11) is 3.84. The molecule has 0 aliphatic heterocycles. The third kappa shape index (κ3) is 4.99. The maximum Gasteiger partial charge on any atom is 0.419 e. The van der Waals surface area contributed by atoms with Crippen LogP contribution in [0.4, 0.5) is 13.2 Å². The number of alkyl halides is 3. The van der Waals surface area contributed by atoms with Crippen molar-refractivity contribution in [2.75, 3.05) is 20.6 Å². The van der Waals surface area contributed by atoms with E-state index in [0.29, 0.717) is 13.0 Å². The van der Waals surface area contributed by atoms with Gasteiger partial charge >= 0.3 is 6.18 Å². The van der Waals surface area contributed by atoms with Crippen molar-refractivity contribution >= 4 is 0 Å². The van der Waals surface area contributed by atoms with Crippen molar-refractivity contribution in [2.45, 2.75) is 18.7 Å². The lowest BCUT2D eigenvalue weighted by Gasteiger charge is -2.23. The van der Waals surface area contributed by atoms with Gasteiger partial charge in [0.2, 0.25) is 0 Å². The fourth-order valence-electron chi connectivity index (χ4n) is 2.29. The molecule has 1 atom stereocenters. The molecule has 0 spiro atoms. The Morgan fingerprint density at radius 1 is 0.957 bits per heavy atom. The van der Waals surface area contributed by atoms with Gasteiger partial charge in [0, 0.05) is 13.0 Å². The number of benzene rings is 2. The number of halogens is 3. The van der Waals surface area contributed by atoms with Gasteiger partial charge < -0.3 is 9.64 Å². The zero-order valence-electron chi connectivity index (χ0n) is 13.2. The molecule has 2 aromatic rings. The molecule has 23 heavy (non-hydrogen) atoms. The number of nitrogens with zero attached hydrogens (tertiary/aromatic N) is 1. The summed E-state index contributed by atoms with van der Waals surface area (Å²) < 4.78 is 45.1. The maximum atomic E-state index is 13.1. The van der Waals surface area contributed by atoms with E-state index in [1.807, 2.05) is 49.3 Å². The van der Waals surface area contributed by atoms with Crippen LogP contribution in [0.15, 0.2) is 54.6 Å². The highest BCUT2D eigenvalue weighted by molar-refractivity contribution is 5.36. The van der Waals surface area contributed by atoms with E-state index in [2.05, 4.69) is 0 Å². The molecule has 0 heterocycles. The topological polar surface area (TPSA) is 12.5 Å². The van der Waals surface area contributed by atoms with Crippen LogP contribution in [-0.4, -0.2) is 25.5 Å². The van der Waals surface area contributed by atoms with Gasteiger partial charge in [-0.15, -0.1) is 0 Å². The smallest absolute Gasteiger partial charge is 0.419 e. The first-order chi connectivity index (χ1) is 10.9. The van der Waals surface area contributed by atoms with E-state index in [0.717, 1.165) is 11.6 Å². The monoisotopic (exact) mass is 323 g/mol. The van der Waals surface area contributed by atoms with Gasteiger partial charge in [0.25, 0.3) is 0 Å². The number of para-hydroxylation sites is 1. The van der Waals surface area contributed by atoms with E-state index >= 15 is 0 Å². The lowest BCUT2D eigenvalue weighted by Crippen LogP contribution is -2.19. The molecule has 124 valence electrons. The van der Waals surface area contributed by atoms with Crippen LogP contribution in [0.25, 0.3) is 0 Å². The van der Waals surface area contributed by atoms with Crippen LogP contribution in [0.3, 0.4) is 0 Å². The van der Waals surface area contributed by atoms with Crippen molar-refractivity contribution in [1.29, 1.82) is 0 Å². The highest BCUT2D eigenvalue weighted by atomic mass is 19.4. The average Bonchev–Trinajstić information content (AvgIpc) is 2.51. The van der Waals surface area contributed by atoms with Gasteiger partial charge in [0.05, 0.1) is 5.56 Å². The van der Waals surface area contributed by atoms with E-state index in [1.165, 1.54) is 12.1 Å². The van der Waals surface area contributed by atoms with Crippen LogP contribution >= 0.6 is 0 Å². The van der Waals surface area contributed by atoms with Crippen molar-refractivity contribution in [3.63, 3.8) is 0 Å². The first-order valence-corrected chi connectivity index (χ1v) is 7.40. The molecule has 0 aliphatic rings. The molecule has 0 fully saturated rings. The Kier molecular flexibility index (Phi) is 5.66. The zero-order chi connectivity index (χ0) is 16.9. The van der Waals surface area contributed by atoms with Crippen molar-refractivity contribution in [1.82, 2.24) is 4.90 Å². The quantitative estimate of drug-likeness (QED) is 0.759. The molecule has 0 saturated heterocycles. The van der Waals surface area contributed by atoms with Crippen molar-refractivity contribution in [3.8, 4) is 5.75 Å². The second kappa shape index (κ2) is 7.51. The second-order valence-electron chi connectivity index (χ2n) is 5.60. The van der Waals surface area contributed by atoms with E-state index in [9.17, 15) is 13.2 Å². The predicted molar refractivity (Wildman–Crippen MR) is 84.4 cm³/mol. The predicted octanol–water partition coefficient (Wildman–Crippen LogP) is 4.78. The van der Waals surface area contributed by atoms with Crippen LogP contribution < -0.4 is 4.74 Å². The van der Waals surface area contributed by atoms with Crippen molar-refractivity contribution < 1.29 is 17.9 Å². The van der Waals surface area contributed by atoms with Crippen LogP contribution in [-0.2, 0) is 6.18 Å². The molecule has 0 saturated carbocycles. The Labute approximate surface area is 134 Å². The molecule has 2 aromatic carbocycles. The third-order valence-corrected chi connectivity index (χ3v) is 3.47. The summed E-state index contributed by atoms with van der Waals surface area (Å²) in [5, 5.41) is 0. The van der Waals surface area contributed by atoms with Gasteiger partial charge in [0.1, 0.15) is 11.9 Å². The average molecular weight is 323 g/mol. The summed E-state index contributed by atoms with van der Waals surface area (Å²) in [4.78, 5) is 1.98. The Morgan fingerprint density at radius 3 is 2.17 bits per heavy atom. The fraction of sp³-hybridized carbons (Fsp3) is 0.333. The van der Waals surface area contributed by atoms with Crippen LogP contribution in [0.1, 0.15) is 23.7 Å². The van der Waals surface area contributed by atoms with E-state index in [-0.39, 0.29) is 5.75 Å². The standard InChI is InChI=1S/C18H20F3NO/c1-22(2)13-12-16(14-8-4-3-5-9-14)23-17-11-7-6-10-15(17)18(19,20)21/h3-11,16H,12-13H2,1-2H3. The first-order valence-electron chi connectivity index (χ1n) is 7.40. The number of hydrogen-bond donors (Lipinski definition) is 0. The molecule has 0 aliphatic carbocycles. The Bertz CT molecular complexity index is 611. The fourth-order valence-corrected chi connectivity index (χ4v) is 2.29. The minimum absolute atomic E-state index is 0.132. The highest BCUT2D eigenvalue weighted by Gasteiger charge is 2.34. The van der Waals surface area contributed by atoms with Crippen molar-refractivity contribution in [2.24, 2.45) is 0 Å². The number of rotatable bonds is 6. The van der Waals surface area contributed by atoms with Gasteiger partial charge in [-0.1, -0.05) is 42.5 Å². The number of hydrogen-bond acceptors (Lipinski definition) is 2.